The van der Waals surface area contributed by atoms with Crippen molar-refractivity contribution in [3.63, 3.8) is 0 Å². The van der Waals surface area contributed by atoms with E-state index < -0.39 is 0 Å². The minimum Gasteiger partial charge on any atom is -0.469 e. The lowest BCUT2D eigenvalue weighted by atomic mass is 10.0. The molecule has 0 saturated carbocycles. The Morgan fingerprint density at radius 2 is 2.19 bits per heavy atom. The lowest BCUT2D eigenvalue weighted by molar-refractivity contribution is 0.1000. The van der Waals surface area contributed by atoms with Crippen LogP contribution in [0.4, 0.5) is 0 Å². The predicted octanol–water partition coefficient (Wildman–Crippen LogP) is 2.80. The zero-order valence-electron chi connectivity index (χ0n) is 12.6. The Hall–Kier alpha value is -2.07. The van der Waals surface area contributed by atoms with Crippen molar-refractivity contribution in [2.45, 2.75) is 39.3 Å². The van der Waals surface area contributed by atoms with Gasteiger partial charge in [0, 0.05) is 24.6 Å². The molecule has 112 valence electrons. The molecule has 1 heterocycles. The SMILES string of the molecule is Cc1cc(C(N)=O)ccc1CNC(C)CCc1ccco1. The molecule has 1 amide bonds. The van der Waals surface area contributed by atoms with Crippen molar-refractivity contribution in [3.05, 3.63) is 59.0 Å². The van der Waals surface area contributed by atoms with Crippen LogP contribution in [0.3, 0.4) is 0 Å². The quantitative estimate of drug-likeness (QED) is 0.822. The van der Waals surface area contributed by atoms with Gasteiger partial charge in [-0.2, -0.15) is 0 Å². The van der Waals surface area contributed by atoms with Gasteiger partial charge in [0.2, 0.25) is 5.91 Å². The minimum absolute atomic E-state index is 0.385. The lowest BCUT2D eigenvalue weighted by Gasteiger charge is -2.14. The molecule has 2 aromatic rings. The van der Waals surface area contributed by atoms with Gasteiger partial charge < -0.3 is 15.5 Å². The van der Waals surface area contributed by atoms with Crippen LogP contribution in [-0.4, -0.2) is 11.9 Å². The van der Waals surface area contributed by atoms with Crippen LogP contribution in [0.1, 0.15) is 40.6 Å². The maximum absolute atomic E-state index is 11.1. The summed E-state index contributed by atoms with van der Waals surface area (Å²) in [7, 11) is 0. The molecule has 4 nitrogen and oxygen atoms in total. The van der Waals surface area contributed by atoms with Crippen molar-refractivity contribution in [1.82, 2.24) is 5.32 Å². The molecule has 1 unspecified atom stereocenters. The number of nitrogens with two attached hydrogens (primary N) is 1. The van der Waals surface area contributed by atoms with E-state index in [0.717, 1.165) is 30.7 Å². The van der Waals surface area contributed by atoms with E-state index in [9.17, 15) is 4.79 Å². The van der Waals surface area contributed by atoms with Crippen molar-refractivity contribution < 1.29 is 9.21 Å². The summed E-state index contributed by atoms with van der Waals surface area (Å²) in [6, 6.07) is 9.88. The van der Waals surface area contributed by atoms with Gasteiger partial charge in [-0.15, -0.1) is 0 Å². The highest BCUT2D eigenvalue weighted by molar-refractivity contribution is 5.93. The first-order valence-electron chi connectivity index (χ1n) is 7.21. The Kier molecular flexibility index (Phi) is 5.17. The number of aryl methyl sites for hydroxylation is 2. The topological polar surface area (TPSA) is 68.3 Å². The Labute approximate surface area is 125 Å². The van der Waals surface area contributed by atoms with E-state index in [1.54, 1.807) is 12.3 Å². The molecule has 0 fully saturated rings. The Balaban J connectivity index is 1.83. The van der Waals surface area contributed by atoms with Gasteiger partial charge in [0.25, 0.3) is 0 Å². The average Bonchev–Trinajstić information content (AvgIpc) is 2.97. The highest BCUT2D eigenvalue weighted by Crippen LogP contribution is 2.12. The average molecular weight is 286 g/mol. The third-order valence-corrected chi connectivity index (χ3v) is 3.67. The fourth-order valence-electron chi connectivity index (χ4n) is 2.25. The summed E-state index contributed by atoms with van der Waals surface area (Å²) >= 11 is 0. The largest absolute Gasteiger partial charge is 0.469 e. The summed E-state index contributed by atoms with van der Waals surface area (Å²) in [5.74, 6) is 0.634. The van der Waals surface area contributed by atoms with Crippen LogP contribution < -0.4 is 11.1 Å². The first kappa shape index (κ1) is 15.3. The molecule has 0 radical (unpaired) electrons. The highest BCUT2D eigenvalue weighted by Gasteiger charge is 2.07. The first-order valence-corrected chi connectivity index (χ1v) is 7.21. The Bertz CT molecular complexity index is 591. The van der Waals surface area contributed by atoms with Crippen LogP contribution in [0.25, 0.3) is 0 Å². The number of rotatable bonds is 7. The summed E-state index contributed by atoms with van der Waals surface area (Å²) < 4.78 is 5.33. The van der Waals surface area contributed by atoms with E-state index >= 15 is 0 Å². The molecule has 1 aromatic heterocycles. The van der Waals surface area contributed by atoms with Crippen LogP contribution >= 0.6 is 0 Å². The molecule has 0 aliphatic rings. The molecule has 2 rings (SSSR count). The molecular weight excluding hydrogens is 264 g/mol. The van der Waals surface area contributed by atoms with Gasteiger partial charge in [-0.3, -0.25) is 4.79 Å². The summed E-state index contributed by atoms with van der Waals surface area (Å²) in [5.41, 5.74) is 8.10. The Morgan fingerprint density at radius 1 is 1.38 bits per heavy atom. The summed E-state index contributed by atoms with van der Waals surface area (Å²) in [6.07, 6.45) is 3.66. The Morgan fingerprint density at radius 3 is 2.81 bits per heavy atom. The number of primary amides is 1. The number of hydrogen-bond donors (Lipinski definition) is 2. The standard InChI is InChI=1S/C17H22N2O2/c1-12-10-14(17(18)20)6-7-15(12)11-19-13(2)5-8-16-4-3-9-21-16/h3-4,6-7,9-10,13,19H,5,8,11H2,1-2H3,(H2,18,20). The second kappa shape index (κ2) is 7.09. The van der Waals surface area contributed by atoms with Gasteiger partial charge in [-0.05, 0) is 55.7 Å². The smallest absolute Gasteiger partial charge is 0.248 e. The zero-order valence-corrected chi connectivity index (χ0v) is 12.6. The van der Waals surface area contributed by atoms with Crippen molar-refractivity contribution in [2.24, 2.45) is 5.73 Å². The first-order chi connectivity index (χ1) is 10.1. The summed E-state index contributed by atoms with van der Waals surface area (Å²) in [4.78, 5) is 11.1. The second-order valence-corrected chi connectivity index (χ2v) is 5.41. The summed E-state index contributed by atoms with van der Waals surface area (Å²) in [5, 5.41) is 3.49. The molecular formula is C17H22N2O2. The molecule has 3 N–H and O–H groups in total. The van der Waals surface area contributed by atoms with Crippen LogP contribution in [0.2, 0.25) is 0 Å². The third-order valence-electron chi connectivity index (χ3n) is 3.67. The van der Waals surface area contributed by atoms with Crippen LogP contribution in [0.5, 0.6) is 0 Å². The molecule has 21 heavy (non-hydrogen) atoms. The second-order valence-electron chi connectivity index (χ2n) is 5.41. The fourth-order valence-corrected chi connectivity index (χ4v) is 2.25. The molecule has 0 saturated heterocycles. The highest BCUT2D eigenvalue weighted by atomic mass is 16.3. The lowest BCUT2D eigenvalue weighted by Crippen LogP contribution is -2.26. The van der Waals surface area contributed by atoms with E-state index in [0.29, 0.717) is 11.6 Å². The zero-order chi connectivity index (χ0) is 15.2. The fraction of sp³-hybridized carbons (Fsp3) is 0.353. The van der Waals surface area contributed by atoms with E-state index in [4.69, 9.17) is 10.2 Å². The molecule has 1 atom stereocenters. The van der Waals surface area contributed by atoms with Gasteiger partial charge in [0.05, 0.1) is 6.26 Å². The van der Waals surface area contributed by atoms with Gasteiger partial charge >= 0.3 is 0 Å². The molecule has 4 heteroatoms. The number of nitrogens with one attached hydrogen (secondary N) is 1. The minimum atomic E-state index is -0.385. The van der Waals surface area contributed by atoms with Gasteiger partial charge in [0.1, 0.15) is 5.76 Å². The van der Waals surface area contributed by atoms with E-state index in [1.165, 1.54) is 5.56 Å². The number of hydrogen-bond acceptors (Lipinski definition) is 3. The number of amides is 1. The number of carbonyl (C=O) groups is 1. The van der Waals surface area contributed by atoms with Crippen molar-refractivity contribution in [3.8, 4) is 0 Å². The number of benzene rings is 1. The maximum Gasteiger partial charge on any atom is 0.248 e. The number of furan rings is 1. The normalized spacial score (nSPS) is 12.3. The third kappa shape index (κ3) is 4.46. The van der Waals surface area contributed by atoms with Crippen molar-refractivity contribution in [2.75, 3.05) is 0 Å². The molecule has 0 aliphatic carbocycles. The molecule has 0 bridgehead atoms. The van der Waals surface area contributed by atoms with E-state index in [2.05, 4.69) is 12.2 Å². The van der Waals surface area contributed by atoms with Crippen LogP contribution in [-0.2, 0) is 13.0 Å². The maximum atomic E-state index is 11.1. The van der Waals surface area contributed by atoms with Crippen LogP contribution in [0, 0.1) is 6.92 Å². The summed E-state index contributed by atoms with van der Waals surface area (Å²) in [6.45, 7) is 4.94. The number of carbonyl (C=O) groups excluding carboxylic acids is 1. The van der Waals surface area contributed by atoms with Gasteiger partial charge in [-0.1, -0.05) is 6.07 Å². The van der Waals surface area contributed by atoms with E-state index in [1.807, 2.05) is 31.2 Å². The van der Waals surface area contributed by atoms with E-state index in [-0.39, 0.29) is 5.91 Å². The van der Waals surface area contributed by atoms with Crippen molar-refractivity contribution >= 4 is 5.91 Å². The molecule has 0 spiro atoms. The van der Waals surface area contributed by atoms with Crippen molar-refractivity contribution in [1.29, 1.82) is 0 Å². The molecule has 1 aromatic carbocycles. The van der Waals surface area contributed by atoms with Gasteiger partial charge in [0.15, 0.2) is 0 Å². The molecule has 0 aliphatic heterocycles. The van der Waals surface area contributed by atoms with Gasteiger partial charge in [-0.25, -0.2) is 0 Å². The van der Waals surface area contributed by atoms with Crippen LogP contribution in [0.15, 0.2) is 41.0 Å². The predicted molar refractivity (Wildman–Crippen MR) is 83.0 cm³/mol. The monoisotopic (exact) mass is 286 g/mol.